The molecule has 2 rings (SSSR count). The molecule has 0 aliphatic rings. The summed E-state index contributed by atoms with van der Waals surface area (Å²) < 4.78 is 18.7. The maximum Gasteiger partial charge on any atom is 0.339 e. The summed E-state index contributed by atoms with van der Waals surface area (Å²) in [6.07, 6.45) is 1.55. The maximum absolute atomic E-state index is 13.3. The van der Waals surface area contributed by atoms with Crippen molar-refractivity contribution in [3.63, 3.8) is 0 Å². The average molecular weight is 408 g/mol. The Balaban J connectivity index is 2.04. The zero-order chi connectivity index (χ0) is 18.4. The van der Waals surface area contributed by atoms with E-state index in [1.165, 1.54) is 12.1 Å². The monoisotopic (exact) mass is 407 g/mol. The van der Waals surface area contributed by atoms with Gasteiger partial charge in [0, 0.05) is 10.2 Å². The Hall–Kier alpha value is -2.21. The van der Waals surface area contributed by atoms with Crippen LogP contribution in [0.1, 0.15) is 35.3 Å². The molecule has 0 unspecified atom stereocenters. The minimum Gasteiger partial charge on any atom is -0.452 e. The number of ether oxygens (including phenoxy) is 1. The largest absolute Gasteiger partial charge is 0.452 e. The van der Waals surface area contributed by atoms with Gasteiger partial charge in [-0.15, -0.1) is 0 Å². The lowest BCUT2D eigenvalue weighted by atomic mass is 10.0. The van der Waals surface area contributed by atoms with Crippen molar-refractivity contribution in [3.8, 4) is 0 Å². The zero-order valence-electron chi connectivity index (χ0n) is 14.1. The summed E-state index contributed by atoms with van der Waals surface area (Å²) in [5.41, 5.74) is 2.84. The Morgan fingerprint density at radius 2 is 1.76 bits per heavy atom. The summed E-state index contributed by atoms with van der Waals surface area (Å²) in [7, 11) is 0. The zero-order valence-corrected chi connectivity index (χ0v) is 15.7. The molecular formula is C19H19BrFNO3. The third-order valence-electron chi connectivity index (χ3n) is 3.75. The summed E-state index contributed by atoms with van der Waals surface area (Å²) in [6.45, 7) is 3.57. The van der Waals surface area contributed by atoms with Crippen molar-refractivity contribution in [1.82, 2.24) is 0 Å². The van der Waals surface area contributed by atoms with Crippen molar-refractivity contribution in [2.24, 2.45) is 0 Å². The number of esters is 1. The van der Waals surface area contributed by atoms with Crippen molar-refractivity contribution in [2.75, 3.05) is 11.9 Å². The number of amides is 1. The van der Waals surface area contributed by atoms with E-state index in [4.69, 9.17) is 4.74 Å². The first-order valence-electron chi connectivity index (χ1n) is 7.99. The molecule has 1 N–H and O–H groups in total. The molecule has 2 aromatic carbocycles. The number of hydrogen-bond donors (Lipinski definition) is 1. The van der Waals surface area contributed by atoms with Gasteiger partial charge in [0.15, 0.2) is 6.61 Å². The number of nitrogens with one attached hydrogen (secondary N) is 1. The van der Waals surface area contributed by atoms with Crippen LogP contribution in [0.2, 0.25) is 0 Å². The van der Waals surface area contributed by atoms with Gasteiger partial charge in [0.25, 0.3) is 5.91 Å². The fraction of sp³-hybridized carbons (Fsp3) is 0.263. The number of benzene rings is 2. The molecule has 132 valence electrons. The Bertz CT molecular complexity index is 770. The molecule has 0 saturated carbocycles. The maximum atomic E-state index is 13.3. The first-order chi connectivity index (χ1) is 12.0. The van der Waals surface area contributed by atoms with Crippen LogP contribution in [0.4, 0.5) is 10.1 Å². The molecule has 0 aromatic heterocycles. The SMILES string of the molecule is CCc1cccc(CC)c1NC(=O)COC(=O)c1cc(F)ccc1Br. The minimum absolute atomic E-state index is 0.0380. The van der Waals surface area contributed by atoms with Gasteiger partial charge in [-0.3, -0.25) is 4.79 Å². The molecule has 0 aliphatic carbocycles. The van der Waals surface area contributed by atoms with Crippen LogP contribution in [0.3, 0.4) is 0 Å². The normalized spacial score (nSPS) is 10.4. The summed E-state index contributed by atoms with van der Waals surface area (Å²) >= 11 is 3.16. The lowest BCUT2D eigenvalue weighted by Crippen LogP contribution is -2.22. The minimum atomic E-state index is -0.763. The number of para-hydroxylation sites is 1. The van der Waals surface area contributed by atoms with Gasteiger partial charge in [0.05, 0.1) is 5.56 Å². The third-order valence-corrected chi connectivity index (χ3v) is 4.44. The molecule has 6 heteroatoms. The Labute approximate surface area is 154 Å². The molecule has 0 radical (unpaired) electrons. The molecule has 0 spiro atoms. The summed E-state index contributed by atoms with van der Waals surface area (Å²) in [4.78, 5) is 24.2. The Kier molecular flexibility index (Phi) is 6.70. The van der Waals surface area contributed by atoms with Gasteiger partial charge in [-0.25, -0.2) is 9.18 Å². The predicted molar refractivity (Wildman–Crippen MR) is 98.2 cm³/mol. The Morgan fingerprint density at radius 3 is 2.36 bits per heavy atom. The second-order valence-electron chi connectivity index (χ2n) is 5.41. The Morgan fingerprint density at radius 1 is 1.12 bits per heavy atom. The second-order valence-corrected chi connectivity index (χ2v) is 6.26. The first kappa shape index (κ1) is 19.1. The number of anilines is 1. The van der Waals surface area contributed by atoms with Gasteiger partial charge < -0.3 is 10.1 Å². The summed E-state index contributed by atoms with van der Waals surface area (Å²) in [6, 6.07) is 9.55. The van der Waals surface area contributed by atoms with Gasteiger partial charge >= 0.3 is 5.97 Å². The van der Waals surface area contributed by atoms with E-state index in [2.05, 4.69) is 21.2 Å². The first-order valence-corrected chi connectivity index (χ1v) is 8.78. The van der Waals surface area contributed by atoms with Crippen LogP contribution in [0.15, 0.2) is 40.9 Å². The van der Waals surface area contributed by atoms with Crippen molar-refractivity contribution in [3.05, 3.63) is 63.4 Å². The van der Waals surface area contributed by atoms with Crippen LogP contribution < -0.4 is 5.32 Å². The van der Waals surface area contributed by atoms with E-state index in [0.29, 0.717) is 4.47 Å². The fourth-order valence-corrected chi connectivity index (χ4v) is 2.85. The highest BCUT2D eigenvalue weighted by Gasteiger charge is 2.16. The molecule has 1 amide bonds. The molecular weight excluding hydrogens is 389 g/mol. The summed E-state index contributed by atoms with van der Waals surface area (Å²) in [5.74, 6) is -1.75. The molecule has 0 aliphatic heterocycles. The number of hydrogen-bond acceptors (Lipinski definition) is 3. The van der Waals surface area contributed by atoms with Crippen LogP contribution in [-0.4, -0.2) is 18.5 Å². The van der Waals surface area contributed by atoms with Crippen molar-refractivity contribution < 1.29 is 18.7 Å². The smallest absolute Gasteiger partial charge is 0.339 e. The standard InChI is InChI=1S/C19H19BrFNO3/c1-3-12-6-5-7-13(4-2)18(12)22-17(23)11-25-19(24)15-10-14(21)8-9-16(15)20/h5-10H,3-4,11H2,1-2H3,(H,22,23). The molecule has 2 aromatic rings. The lowest BCUT2D eigenvalue weighted by molar-refractivity contribution is -0.119. The van der Waals surface area contributed by atoms with Gasteiger partial charge in [-0.05, 0) is 58.1 Å². The number of halogens is 2. The van der Waals surface area contributed by atoms with Crippen LogP contribution in [-0.2, 0) is 22.4 Å². The van der Waals surface area contributed by atoms with Crippen LogP contribution in [0, 0.1) is 5.82 Å². The van der Waals surface area contributed by atoms with Crippen molar-refractivity contribution in [1.29, 1.82) is 0 Å². The van der Waals surface area contributed by atoms with Crippen LogP contribution in [0.25, 0.3) is 0 Å². The molecule has 0 bridgehead atoms. The molecule has 0 saturated heterocycles. The van der Waals surface area contributed by atoms with Crippen LogP contribution in [0.5, 0.6) is 0 Å². The lowest BCUT2D eigenvalue weighted by Gasteiger charge is -2.14. The summed E-state index contributed by atoms with van der Waals surface area (Å²) in [5, 5.41) is 2.81. The van der Waals surface area contributed by atoms with E-state index in [-0.39, 0.29) is 5.56 Å². The molecule has 25 heavy (non-hydrogen) atoms. The van der Waals surface area contributed by atoms with Crippen LogP contribution >= 0.6 is 15.9 Å². The van der Waals surface area contributed by atoms with E-state index < -0.39 is 24.3 Å². The molecule has 0 atom stereocenters. The number of rotatable bonds is 6. The van der Waals surface area contributed by atoms with Gasteiger partial charge in [-0.1, -0.05) is 32.0 Å². The average Bonchev–Trinajstić information content (AvgIpc) is 2.61. The van der Waals surface area contributed by atoms with Gasteiger partial charge in [-0.2, -0.15) is 0 Å². The highest BCUT2D eigenvalue weighted by molar-refractivity contribution is 9.10. The van der Waals surface area contributed by atoms with Crippen molar-refractivity contribution in [2.45, 2.75) is 26.7 Å². The molecule has 0 fully saturated rings. The van der Waals surface area contributed by atoms with E-state index in [1.807, 2.05) is 32.0 Å². The second kappa shape index (κ2) is 8.76. The molecule has 0 heterocycles. The number of aryl methyl sites for hydroxylation is 2. The molecule has 4 nitrogen and oxygen atoms in total. The van der Waals surface area contributed by atoms with Gasteiger partial charge in [0.2, 0.25) is 0 Å². The van der Waals surface area contributed by atoms with Crippen molar-refractivity contribution >= 4 is 33.5 Å². The number of carbonyl (C=O) groups is 2. The van der Waals surface area contributed by atoms with E-state index in [9.17, 15) is 14.0 Å². The topological polar surface area (TPSA) is 55.4 Å². The highest BCUT2D eigenvalue weighted by Crippen LogP contribution is 2.23. The predicted octanol–water partition coefficient (Wildman–Crippen LogP) is 4.51. The van der Waals surface area contributed by atoms with E-state index in [0.717, 1.165) is 35.7 Å². The van der Waals surface area contributed by atoms with E-state index in [1.54, 1.807) is 0 Å². The quantitative estimate of drug-likeness (QED) is 0.716. The fourth-order valence-electron chi connectivity index (χ4n) is 2.44. The third kappa shape index (κ3) is 4.89. The van der Waals surface area contributed by atoms with Gasteiger partial charge in [0.1, 0.15) is 5.82 Å². The highest BCUT2D eigenvalue weighted by atomic mass is 79.9. The number of carbonyl (C=O) groups excluding carboxylic acids is 2. The van der Waals surface area contributed by atoms with E-state index >= 15 is 0 Å².